The van der Waals surface area contributed by atoms with Crippen molar-refractivity contribution in [3.8, 4) is 5.75 Å². The normalized spacial score (nSPS) is 17.6. The highest BCUT2D eigenvalue weighted by Gasteiger charge is 2.18. The summed E-state index contributed by atoms with van der Waals surface area (Å²) >= 11 is 0. The fourth-order valence-corrected chi connectivity index (χ4v) is 3.20. The van der Waals surface area contributed by atoms with Gasteiger partial charge in [-0.2, -0.15) is 0 Å². The number of hydrogen-bond acceptors (Lipinski definition) is 2. The molecule has 1 saturated carbocycles. The average Bonchev–Trinajstić information content (AvgIpc) is 2.91. The van der Waals surface area contributed by atoms with Crippen LogP contribution < -0.4 is 10.1 Å². The van der Waals surface area contributed by atoms with Gasteiger partial charge in [0.2, 0.25) is 0 Å². The molecular formula is C18H29NO. The lowest BCUT2D eigenvalue weighted by molar-refractivity contribution is 0.400. The molecule has 0 spiro atoms. The van der Waals surface area contributed by atoms with Gasteiger partial charge in [-0.3, -0.25) is 0 Å². The maximum Gasteiger partial charge on any atom is 0.122 e. The van der Waals surface area contributed by atoms with E-state index in [2.05, 4.69) is 44.3 Å². The Morgan fingerprint density at radius 1 is 1.20 bits per heavy atom. The first-order valence-corrected chi connectivity index (χ1v) is 8.03. The van der Waals surface area contributed by atoms with Crippen molar-refractivity contribution in [3.63, 3.8) is 0 Å². The number of hydrogen-bond donors (Lipinski definition) is 1. The smallest absolute Gasteiger partial charge is 0.122 e. The molecule has 2 heteroatoms. The molecule has 1 aliphatic carbocycles. The molecule has 0 saturated heterocycles. The third kappa shape index (κ3) is 3.99. The van der Waals surface area contributed by atoms with Crippen molar-refractivity contribution in [2.75, 3.05) is 7.11 Å². The third-order valence-electron chi connectivity index (χ3n) is 4.37. The zero-order valence-electron chi connectivity index (χ0n) is 13.4. The Hall–Kier alpha value is -1.02. The Morgan fingerprint density at radius 2 is 1.90 bits per heavy atom. The molecule has 1 N–H and O–H groups in total. The van der Waals surface area contributed by atoms with E-state index in [1.807, 2.05) is 0 Å². The number of methoxy groups -OCH3 is 1. The van der Waals surface area contributed by atoms with Crippen molar-refractivity contribution in [2.24, 2.45) is 0 Å². The summed E-state index contributed by atoms with van der Waals surface area (Å²) in [7, 11) is 1.77. The minimum atomic E-state index is 0.509. The SMILES string of the molecule is COc1ccc(C(C)C)cc1CC(C)NC1CCCC1. The van der Waals surface area contributed by atoms with Crippen LogP contribution in [0.25, 0.3) is 0 Å². The average molecular weight is 275 g/mol. The second kappa shape index (κ2) is 7.12. The van der Waals surface area contributed by atoms with E-state index in [4.69, 9.17) is 4.74 Å². The van der Waals surface area contributed by atoms with Gasteiger partial charge >= 0.3 is 0 Å². The van der Waals surface area contributed by atoms with Crippen LogP contribution in [-0.4, -0.2) is 19.2 Å². The molecule has 0 amide bonds. The summed E-state index contributed by atoms with van der Waals surface area (Å²) in [6.07, 6.45) is 6.49. The molecular weight excluding hydrogens is 246 g/mol. The van der Waals surface area contributed by atoms with Crippen LogP contribution >= 0.6 is 0 Å². The van der Waals surface area contributed by atoms with Crippen LogP contribution in [0.2, 0.25) is 0 Å². The number of ether oxygens (including phenoxy) is 1. The van der Waals surface area contributed by atoms with E-state index in [0.29, 0.717) is 12.0 Å². The van der Waals surface area contributed by atoms with Gasteiger partial charge in [-0.15, -0.1) is 0 Å². The quantitative estimate of drug-likeness (QED) is 0.836. The van der Waals surface area contributed by atoms with E-state index in [-0.39, 0.29) is 0 Å². The minimum Gasteiger partial charge on any atom is -0.496 e. The van der Waals surface area contributed by atoms with Crippen molar-refractivity contribution in [2.45, 2.75) is 70.9 Å². The Labute approximate surface area is 123 Å². The summed E-state index contributed by atoms with van der Waals surface area (Å²) < 4.78 is 5.52. The van der Waals surface area contributed by atoms with Crippen molar-refractivity contribution in [1.82, 2.24) is 5.32 Å². The van der Waals surface area contributed by atoms with E-state index in [1.165, 1.54) is 36.8 Å². The second-order valence-electron chi connectivity index (χ2n) is 6.48. The Kier molecular flexibility index (Phi) is 5.47. The number of nitrogens with one attached hydrogen (secondary N) is 1. The third-order valence-corrected chi connectivity index (χ3v) is 4.37. The van der Waals surface area contributed by atoms with Crippen molar-refractivity contribution >= 4 is 0 Å². The first kappa shape index (κ1) is 15.4. The summed E-state index contributed by atoms with van der Waals surface area (Å²) in [6.45, 7) is 6.78. The van der Waals surface area contributed by atoms with Crippen LogP contribution in [-0.2, 0) is 6.42 Å². The second-order valence-corrected chi connectivity index (χ2v) is 6.48. The van der Waals surface area contributed by atoms with Crippen LogP contribution in [0.15, 0.2) is 18.2 Å². The maximum atomic E-state index is 5.52. The predicted octanol–water partition coefficient (Wildman–Crippen LogP) is 4.28. The molecule has 1 aliphatic rings. The molecule has 0 heterocycles. The topological polar surface area (TPSA) is 21.3 Å². The van der Waals surface area contributed by atoms with Crippen molar-refractivity contribution in [3.05, 3.63) is 29.3 Å². The molecule has 1 atom stereocenters. The summed E-state index contributed by atoms with van der Waals surface area (Å²) in [6, 6.07) is 7.85. The van der Waals surface area contributed by atoms with Crippen LogP contribution in [0, 0.1) is 0 Å². The van der Waals surface area contributed by atoms with Crippen LogP contribution in [0.3, 0.4) is 0 Å². The van der Waals surface area contributed by atoms with E-state index >= 15 is 0 Å². The van der Waals surface area contributed by atoms with Crippen LogP contribution in [0.1, 0.15) is 63.5 Å². The Morgan fingerprint density at radius 3 is 2.50 bits per heavy atom. The maximum absolute atomic E-state index is 5.52. The monoisotopic (exact) mass is 275 g/mol. The van der Waals surface area contributed by atoms with Gasteiger partial charge in [0, 0.05) is 12.1 Å². The highest BCUT2D eigenvalue weighted by molar-refractivity contribution is 5.39. The van der Waals surface area contributed by atoms with E-state index in [9.17, 15) is 0 Å². The van der Waals surface area contributed by atoms with Gasteiger partial charge in [-0.1, -0.05) is 38.8 Å². The molecule has 20 heavy (non-hydrogen) atoms. The highest BCUT2D eigenvalue weighted by atomic mass is 16.5. The summed E-state index contributed by atoms with van der Waals surface area (Å²) in [5, 5.41) is 3.77. The first-order valence-electron chi connectivity index (χ1n) is 8.03. The van der Waals surface area contributed by atoms with Gasteiger partial charge in [0.25, 0.3) is 0 Å². The molecule has 1 aromatic rings. The largest absolute Gasteiger partial charge is 0.496 e. The molecule has 0 aromatic heterocycles. The van der Waals surface area contributed by atoms with E-state index < -0.39 is 0 Å². The summed E-state index contributed by atoms with van der Waals surface area (Å²) in [5.74, 6) is 1.59. The predicted molar refractivity (Wildman–Crippen MR) is 85.6 cm³/mol. The molecule has 1 unspecified atom stereocenters. The molecule has 1 fully saturated rings. The fraction of sp³-hybridized carbons (Fsp3) is 0.667. The van der Waals surface area contributed by atoms with Crippen LogP contribution in [0.5, 0.6) is 5.75 Å². The lowest BCUT2D eigenvalue weighted by Gasteiger charge is -2.21. The molecule has 112 valence electrons. The van der Waals surface area contributed by atoms with Gasteiger partial charge in [0.1, 0.15) is 5.75 Å². The number of rotatable bonds is 6. The zero-order chi connectivity index (χ0) is 14.5. The lowest BCUT2D eigenvalue weighted by atomic mass is 9.97. The molecule has 2 nitrogen and oxygen atoms in total. The van der Waals surface area contributed by atoms with Gasteiger partial charge in [0.15, 0.2) is 0 Å². The van der Waals surface area contributed by atoms with Gasteiger partial charge in [-0.25, -0.2) is 0 Å². The lowest BCUT2D eigenvalue weighted by Crippen LogP contribution is -2.36. The molecule has 1 aromatic carbocycles. The first-order chi connectivity index (χ1) is 9.60. The summed E-state index contributed by atoms with van der Waals surface area (Å²) in [4.78, 5) is 0. The fourth-order valence-electron chi connectivity index (χ4n) is 3.20. The Balaban J connectivity index is 2.03. The molecule has 0 aliphatic heterocycles. The van der Waals surface area contributed by atoms with Crippen LogP contribution in [0.4, 0.5) is 0 Å². The van der Waals surface area contributed by atoms with E-state index in [0.717, 1.165) is 18.2 Å². The highest BCUT2D eigenvalue weighted by Crippen LogP contribution is 2.26. The summed E-state index contributed by atoms with van der Waals surface area (Å²) in [5.41, 5.74) is 2.73. The molecule has 2 rings (SSSR count). The Bertz CT molecular complexity index is 421. The van der Waals surface area contributed by atoms with Gasteiger partial charge in [-0.05, 0) is 49.3 Å². The number of benzene rings is 1. The van der Waals surface area contributed by atoms with Crippen molar-refractivity contribution < 1.29 is 4.74 Å². The van der Waals surface area contributed by atoms with Gasteiger partial charge < -0.3 is 10.1 Å². The standard InChI is InChI=1S/C18H29NO/c1-13(2)15-9-10-18(20-4)16(12-15)11-14(3)19-17-7-5-6-8-17/h9-10,12-14,17,19H,5-8,11H2,1-4H3. The molecule has 0 radical (unpaired) electrons. The zero-order valence-corrected chi connectivity index (χ0v) is 13.4. The molecule has 0 bridgehead atoms. The minimum absolute atomic E-state index is 0.509. The van der Waals surface area contributed by atoms with Gasteiger partial charge in [0.05, 0.1) is 7.11 Å². The van der Waals surface area contributed by atoms with Crippen molar-refractivity contribution in [1.29, 1.82) is 0 Å². The van der Waals surface area contributed by atoms with E-state index in [1.54, 1.807) is 7.11 Å².